The Hall–Kier alpha value is -1.46. The first kappa shape index (κ1) is 11.6. The topological polar surface area (TPSA) is 52.8 Å². The molecule has 1 aromatic rings. The molecular formula is C10H11BFNO2. The van der Waals surface area contributed by atoms with Gasteiger partial charge in [-0.05, 0) is 30.2 Å². The lowest BCUT2D eigenvalue weighted by atomic mass is 9.79. The summed E-state index contributed by atoms with van der Waals surface area (Å²) in [6, 6.07) is 4.73. The SMILES string of the molecule is C=NC(F)=Cc1cc(B(O)O)ccc1C. The van der Waals surface area contributed by atoms with E-state index in [9.17, 15) is 4.39 Å². The Morgan fingerprint density at radius 2 is 2.20 bits per heavy atom. The molecule has 0 spiro atoms. The van der Waals surface area contributed by atoms with Crippen LogP contribution in [0.4, 0.5) is 4.39 Å². The van der Waals surface area contributed by atoms with Crippen LogP contribution in [0.25, 0.3) is 6.08 Å². The van der Waals surface area contributed by atoms with Crippen molar-refractivity contribution in [1.82, 2.24) is 0 Å². The minimum Gasteiger partial charge on any atom is -0.423 e. The molecule has 78 valence electrons. The lowest BCUT2D eigenvalue weighted by Crippen LogP contribution is -2.29. The maximum atomic E-state index is 12.8. The molecule has 0 heterocycles. The lowest BCUT2D eigenvalue weighted by Gasteiger charge is -2.04. The van der Waals surface area contributed by atoms with Crippen molar-refractivity contribution in [3.63, 3.8) is 0 Å². The molecule has 0 radical (unpaired) electrons. The summed E-state index contributed by atoms with van der Waals surface area (Å²) < 4.78 is 12.8. The average Bonchev–Trinajstić information content (AvgIpc) is 2.20. The van der Waals surface area contributed by atoms with Crippen LogP contribution < -0.4 is 5.46 Å². The highest BCUT2D eigenvalue weighted by molar-refractivity contribution is 6.58. The summed E-state index contributed by atoms with van der Waals surface area (Å²) in [5.74, 6) is -0.706. The summed E-state index contributed by atoms with van der Waals surface area (Å²) in [7, 11) is -1.56. The highest BCUT2D eigenvalue weighted by Crippen LogP contribution is 2.12. The fraction of sp³-hybridized carbons (Fsp3) is 0.100. The molecule has 0 aromatic heterocycles. The van der Waals surface area contributed by atoms with Gasteiger partial charge in [0.15, 0.2) is 0 Å². The van der Waals surface area contributed by atoms with Crippen LogP contribution in [0, 0.1) is 6.92 Å². The van der Waals surface area contributed by atoms with Crippen molar-refractivity contribution >= 4 is 25.4 Å². The quantitative estimate of drug-likeness (QED) is 0.434. The summed E-state index contributed by atoms with van der Waals surface area (Å²) in [4.78, 5) is 3.12. The van der Waals surface area contributed by atoms with E-state index in [2.05, 4.69) is 11.7 Å². The Kier molecular flexibility index (Phi) is 3.77. The molecule has 0 aliphatic heterocycles. The van der Waals surface area contributed by atoms with Crippen LogP contribution in [-0.4, -0.2) is 23.9 Å². The van der Waals surface area contributed by atoms with Crippen molar-refractivity contribution < 1.29 is 14.4 Å². The normalized spacial score (nSPS) is 11.3. The predicted molar refractivity (Wildman–Crippen MR) is 59.6 cm³/mol. The Balaban J connectivity index is 3.16. The lowest BCUT2D eigenvalue weighted by molar-refractivity contribution is 0.426. The number of nitrogens with zero attached hydrogens (tertiary/aromatic N) is 1. The van der Waals surface area contributed by atoms with Gasteiger partial charge in [0.2, 0.25) is 5.95 Å². The van der Waals surface area contributed by atoms with Crippen molar-refractivity contribution in [2.24, 2.45) is 4.99 Å². The number of benzene rings is 1. The highest BCUT2D eigenvalue weighted by atomic mass is 19.1. The number of hydrogen-bond acceptors (Lipinski definition) is 3. The zero-order valence-corrected chi connectivity index (χ0v) is 8.31. The van der Waals surface area contributed by atoms with Crippen LogP contribution in [0.2, 0.25) is 0 Å². The van der Waals surface area contributed by atoms with Gasteiger partial charge in [0.25, 0.3) is 0 Å². The molecule has 3 nitrogen and oxygen atoms in total. The van der Waals surface area contributed by atoms with Crippen LogP contribution in [0.15, 0.2) is 29.1 Å². The molecule has 0 atom stereocenters. The van der Waals surface area contributed by atoms with Crippen LogP contribution in [0.3, 0.4) is 0 Å². The van der Waals surface area contributed by atoms with Gasteiger partial charge >= 0.3 is 7.12 Å². The first-order valence-electron chi connectivity index (χ1n) is 4.35. The standard InChI is InChI=1S/C10H11BFNO2/c1-7-3-4-9(11(14)15)5-8(7)6-10(12)13-2/h3-6,14-15H,2H2,1H3. The van der Waals surface area contributed by atoms with E-state index in [-0.39, 0.29) is 0 Å². The third-order valence-electron chi connectivity index (χ3n) is 2.03. The molecule has 0 unspecified atom stereocenters. The maximum absolute atomic E-state index is 12.8. The molecule has 0 saturated heterocycles. The van der Waals surface area contributed by atoms with E-state index in [1.165, 1.54) is 12.1 Å². The van der Waals surface area contributed by atoms with Gasteiger partial charge in [0, 0.05) is 6.08 Å². The zero-order chi connectivity index (χ0) is 11.4. The Morgan fingerprint density at radius 3 is 2.73 bits per heavy atom. The van der Waals surface area contributed by atoms with E-state index in [1.807, 2.05) is 0 Å². The molecule has 1 rings (SSSR count). The molecular weight excluding hydrogens is 196 g/mol. The summed E-state index contributed by atoms with van der Waals surface area (Å²) in [5.41, 5.74) is 1.67. The van der Waals surface area contributed by atoms with E-state index in [0.717, 1.165) is 5.56 Å². The summed E-state index contributed by atoms with van der Waals surface area (Å²) in [6.45, 7) is 4.84. The maximum Gasteiger partial charge on any atom is 0.488 e. The van der Waals surface area contributed by atoms with E-state index >= 15 is 0 Å². The van der Waals surface area contributed by atoms with Crippen LogP contribution in [-0.2, 0) is 0 Å². The number of halogens is 1. The highest BCUT2D eigenvalue weighted by Gasteiger charge is 2.11. The first-order chi connectivity index (χ1) is 7.04. The molecule has 15 heavy (non-hydrogen) atoms. The van der Waals surface area contributed by atoms with Crippen molar-refractivity contribution in [3.05, 3.63) is 35.3 Å². The van der Waals surface area contributed by atoms with E-state index < -0.39 is 13.1 Å². The van der Waals surface area contributed by atoms with E-state index in [0.29, 0.717) is 11.0 Å². The Labute approximate surface area is 87.7 Å². The van der Waals surface area contributed by atoms with Gasteiger partial charge in [0.1, 0.15) is 0 Å². The smallest absolute Gasteiger partial charge is 0.423 e. The number of aryl methyl sites for hydroxylation is 1. The van der Waals surface area contributed by atoms with E-state index in [1.54, 1.807) is 19.1 Å². The molecule has 0 aliphatic rings. The number of aliphatic imine (C=N–C) groups is 1. The third kappa shape index (κ3) is 3.01. The first-order valence-corrected chi connectivity index (χ1v) is 4.35. The number of hydrogen-bond donors (Lipinski definition) is 2. The van der Waals surface area contributed by atoms with Gasteiger partial charge < -0.3 is 10.0 Å². The molecule has 0 bridgehead atoms. The largest absolute Gasteiger partial charge is 0.488 e. The van der Waals surface area contributed by atoms with Gasteiger partial charge in [0.05, 0.1) is 0 Å². The van der Waals surface area contributed by atoms with Crippen LogP contribution >= 0.6 is 0 Å². The fourth-order valence-electron chi connectivity index (χ4n) is 1.15. The zero-order valence-electron chi connectivity index (χ0n) is 8.31. The predicted octanol–water partition coefficient (Wildman–Crippen LogP) is 0.643. The van der Waals surface area contributed by atoms with Crippen molar-refractivity contribution in [1.29, 1.82) is 0 Å². The van der Waals surface area contributed by atoms with Gasteiger partial charge in [-0.15, -0.1) is 0 Å². The summed E-state index contributed by atoms with van der Waals surface area (Å²) in [5, 5.41) is 17.9. The second-order valence-electron chi connectivity index (χ2n) is 3.11. The fourth-order valence-corrected chi connectivity index (χ4v) is 1.15. The second kappa shape index (κ2) is 4.86. The minimum absolute atomic E-state index is 0.309. The van der Waals surface area contributed by atoms with Gasteiger partial charge in [-0.25, -0.2) is 4.99 Å². The Morgan fingerprint density at radius 1 is 1.53 bits per heavy atom. The van der Waals surface area contributed by atoms with Crippen LogP contribution in [0.5, 0.6) is 0 Å². The third-order valence-corrected chi connectivity index (χ3v) is 2.03. The number of rotatable bonds is 3. The van der Waals surface area contributed by atoms with Crippen molar-refractivity contribution in [2.75, 3.05) is 0 Å². The summed E-state index contributed by atoms with van der Waals surface area (Å²) in [6.07, 6.45) is 1.19. The molecule has 5 heteroatoms. The molecule has 0 aliphatic carbocycles. The summed E-state index contributed by atoms with van der Waals surface area (Å²) >= 11 is 0. The van der Waals surface area contributed by atoms with Gasteiger partial charge in [-0.2, -0.15) is 4.39 Å². The molecule has 1 aromatic carbocycles. The molecule has 0 saturated carbocycles. The van der Waals surface area contributed by atoms with Crippen molar-refractivity contribution in [3.8, 4) is 0 Å². The average molecular weight is 207 g/mol. The minimum atomic E-state index is -1.56. The Bertz CT molecular complexity index is 404. The molecule has 2 N–H and O–H groups in total. The van der Waals surface area contributed by atoms with Crippen molar-refractivity contribution in [2.45, 2.75) is 6.92 Å². The second-order valence-corrected chi connectivity index (χ2v) is 3.11. The van der Waals surface area contributed by atoms with E-state index in [4.69, 9.17) is 10.0 Å². The van der Waals surface area contributed by atoms with Crippen LogP contribution in [0.1, 0.15) is 11.1 Å². The monoisotopic (exact) mass is 207 g/mol. The van der Waals surface area contributed by atoms with Gasteiger partial charge in [-0.1, -0.05) is 18.2 Å². The molecule has 0 amide bonds. The molecule has 0 fully saturated rings. The van der Waals surface area contributed by atoms with Gasteiger partial charge in [-0.3, -0.25) is 0 Å².